The normalized spacial score (nSPS) is 14.9. The molecule has 0 aliphatic heterocycles. The molecule has 0 radical (unpaired) electrons. The number of amides is 2. The Balaban J connectivity index is 1.70. The number of aryl methyl sites for hydroxylation is 1. The van der Waals surface area contributed by atoms with Crippen LogP contribution in [-0.2, 0) is 21.4 Å². The highest BCUT2D eigenvalue weighted by molar-refractivity contribution is 6.04. The fraction of sp³-hybridized carbons (Fsp3) is 0.533. The molecule has 1 saturated carbocycles. The maximum absolute atomic E-state index is 11.8. The van der Waals surface area contributed by atoms with Gasteiger partial charge in [0.15, 0.2) is 6.61 Å². The summed E-state index contributed by atoms with van der Waals surface area (Å²) in [4.78, 5) is 34.9. The van der Waals surface area contributed by atoms with Gasteiger partial charge in [0, 0.05) is 19.7 Å². The smallest absolute Gasteiger partial charge is 0.306 e. The van der Waals surface area contributed by atoms with Gasteiger partial charge in [-0.05, 0) is 30.9 Å². The Morgan fingerprint density at radius 2 is 2.05 bits per heavy atom. The van der Waals surface area contributed by atoms with Crippen molar-refractivity contribution >= 4 is 17.8 Å². The lowest BCUT2D eigenvalue weighted by molar-refractivity contribution is -0.149. The van der Waals surface area contributed by atoms with E-state index < -0.39 is 18.4 Å². The molecule has 2 rings (SSSR count). The van der Waals surface area contributed by atoms with Gasteiger partial charge in [-0.3, -0.25) is 19.7 Å². The molecule has 1 heterocycles. The molecular weight excluding hydrogens is 272 g/mol. The molecule has 1 aromatic heterocycles. The van der Waals surface area contributed by atoms with Crippen LogP contribution in [0.2, 0.25) is 0 Å². The number of nitrogens with zero attached hydrogens (tertiary/aromatic N) is 1. The second-order valence-electron chi connectivity index (χ2n) is 5.40. The van der Waals surface area contributed by atoms with Crippen LogP contribution in [0.3, 0.4) is 0 Å². The predicted octanol–water partition coefficient (Wildman–Crippen LogP) is 1.40. The Labute approximate surface area is 123 Å². The van der Waals surface area contributed by atoms with E-state index in [2.05, 4.69) is 5.32 Å². The van der Waals surface area contributed by atoms with Crippen LogP contribution in [0.1, 0.15) is 42.6 Å². The van der Waals surface area contributed by atoms with Gasteiger partial charge in [0.2, 0.25) is 0 Å². The van der Waals surface area contributed by atoms with Crippen molar-refractivity contribution in [3.05, 3.63) is 24.0 Å². The Bertz CT molecular complexity index is 530. The van der Waals surface area contributed by atoms with Crippen molar-refractivity contribution in [2.45, 2.75) is 32.1 Å². The number of imide groups is 1. The van der Waals surface area contributed by atoms with Crippen molar-refractivity contribution in [3.63, 3.8) is 0 Å². The third kappa shape index (κ3) is 4.44. The van der Waals surface area contributed by atoms with Crippen LogP contribution in [0.4, 0.5) is 0 Å². The number of rotatable bonds is 5. The number of carbonyl (C=O) groups excluding carboxylic acids is 3. The van der Waals surface area contributed by atoms with Gasteiger partial charge >= 0.3 is 5.97 Å². The summed E-state index contributed by atoms with van der Waals surface area (Å²) in [6.07, 6.45) is 6.48. The monoisotopic (exact) mass is 292 g/mol. The highest BCUT2D eigenvalue weighted by Crippen LogP contribution is 2.27. The molecular formula is C15H20N2O4. The number of carbonyl (C=O) groups is 3. The maximum Gasteiger partial charge on any atom is 0.306 e. The summed E-state index contributed by atoms with van der Waals surface area (Å²) in [6.45, 7) is -0.415. The second kappa shape index (κ2) is 7.06. The number of esters is 1. The average molecular weight is 292 g/mol. The first-order chi connectivity index (χ1) is 10.1. The molecule has 2 amide bonds. The van der Waals surface area contributed by atoms with E-state index >= 15 is 0 Å². The molecule has 21 heavy (non-hydrogen) atoms. The lowest BCUT2D eigenvalue weighted by atomic mass is 10.1. The number of ether oxygens (including phenoxy) is 1. The van der Waals surface area contributed by atoms with Gasteiger partial charge in [-0.15, -0.1) is 0 Å². The van der Waals surface area contributed by atoms with Crippen molar-refractivity contribution in [3.8, 4) is 0 Å². The number of hydrogen-bond donors (Lipinski definition) is 1. The highest BCUT2D eigenvalue weighted by atomic mass is 16.5. The topological polar surface area (TPSA) is 77.4 Å². The van der Waals surface area contributed by atoms with E-state index in [1.54, 1.807) is 29.9 Å². The van der Waals surface area contributed by atoms with E-state index in [0.29, 0.717) is 18.0 Å². The van der Waals surface area contributed by atoms with Crippen molar-refractivity contribution in [1.82, 2.24) is 9.88 Å². The van der Waals surface area contributed by atoms with Crippen molar-refractivity contribution in [2.24, 2.45) is 13.0 Å². The van der Waals surface area contributed by atoms with E-state index in [9.17, 15) is 14.4 Å². The summed E-state index contributed by atoms with van der Waals surface area (Å²) in [5, 5.41) is 2.20. The van der Waals surface area contributed by atoms with Crippen molar-refractivity contribution in [2.75, 3.05) is 6.61 Å². The summed E-state index contributed by atoms with van der Waals surface area (Å²) in [5.74, 6) is -1.10. The fourth-order valence-electron chi connectivity index (χ4n) is 2.58. The van der Waals surface area contributed by atoms with Gasteiger partial charge in [0.1, 0.15) is 5.69 Å². The first-order valence-electron chi connectivity index (χ1n) is 7.17. The summed E-state index contributed by atoms with van der Waals surface area (Å²) < 4.78 is 6.51. The molecule has 6 heteroatoms. The van der Waals surface area contributed by atoms with Gasteiger partial charge in [-0.1, -0.05) is 12.8 Å². The SMILES string of the molecule is Cn1cccc1C(=O)NC(=O)COC(=O)CC1CCCC1. The summed E-state index contributed by atoms with van der Waals surface area (Å²) in [5.41, 5.74) is 0.376. The van der Waals surface area contributed by atoms with Gasteiger partial charge in [0.25, 0.3) is 11.8 Å². The van der Waals surface area contributed by atoms with E-state index in [-0.39, 0.29) is 5.97 Å². The Kier molecular flexibility index (Phi) is 5.14. The fourth-order valence-corrected chi connectivity index (χ4v) is 2.58. The Hall–Kier alpha value is -2.11. The second-order valence-corrected chi connectivity index (χ2v) is 5.40. The third-order valence-electron chi connectivity index (χ3n) is 3.72. The van der Waals surface area contributed by atoms with Crippen LogP contribution >= 0.6 is 0 Å². The molecule has 1 fully saturated rings. The highest BCUT2D eigenvalue weighted by Gasteiger charge is 2.20. The standard InChI is InChI=1S/C15H20N2O4/c1-17-8-4-7-12(17)15(20)16-13(18)10-21-14(19)9-11-5-2-3-6-11/h4,7-8,11H,2-3,5-6,9-10H2,1H3,(H,16,18,20). The molecule has 0 aromatic carbocycles. The molecule has 0 spiro atoms. The van der Waals surface area contributed by atoms with Gasteiger partial charge in [0.05, 0.1) is 0 Å². The Morgan fingerprint density at radius 1 is 1.33 bits per heavy atom. The van der Waals surface area contributed by atoms with Crippen LogP contribution in [0, 0.1) is 5.92 Å². The summed E-state index contributed by atoms with van der Waals surface area (Å²) in [7, 11) is 1.71. The molecule has 1 N–H and O–H groups in total. The van der Waals surface area contributed by atoms with Crippen LogP contribution in [0.5, 0.6) is 0 Å². The average Bonchev–Trinajstić information content (AvgIpc) is 3.07. The van der Waals surface area contributed by atoms with Gasteiger partial charge in [-0.25, -0.2) is 0 Å². The van der Waals surface area contributed by atoms with Crippen LogP contribution < -0.4 is 5.32 Å². The molecule has 0 saturated heterocycles. The molecule has 0 unspecified atom stereocenters. The molecule has 0 bridgehead atoms. The first kappa shape index (κ1) is 15.3. The van der Waals surface area contributed by atoms with E-state index in [1.165, 1.54) is 0 Å². The zero-order chi connectivity index (χ0) is 15.2. The Morgan fingerprint density at radius 3 is 2.67 bits per heavy atom. The van der Waals surface area contributed by atoms with Gasteiger partial charge < -0.3 is 9.30 Å². The molecule has 0 atom stereocenters. The molecule has 1 aliphatic carbocycles. The van der Waals surface area contributed by atoms with E-state index in [0.717, 1.165) is 25.7 Å². The zero-order valence-corrected chi connectivity index (χ0v) is 12.1. The molecule has 1 aliphatic rings. The largest absolute Gasteiger partial charge is 0.456 e. The molecule has 1 aromatic rings. The third-order valence-corrected chi connectivity index (χ3v) is 3.72. The van der Waals surface area contributed by atoms with Crippen molar-refractivity contribution < 1.29 is 19.1 Å². The van der Waals surface area contributed by atoms with Crippen LogP contribution in [0.15, 0.2) is 18.3 Å². The number of hydrogen-bond acceptors (Lipinski definition) is 4. The van der Waals surface area contributed by atoms with Crippen LogP contribution in [-0.4, -0.2) is 29.0 Å². The quantitative estimate of drug-likeness (QED) is 0.832. The van der Waals surface area contributed by atoms with E-state index in [1.807, 2.05) is 0 Å². The molecule has 6 nitrogen and oxygen atoms in total. The molecule has 114 valence electrons. The number of aromatic nitrogens is 1. The van der Waals surface area contributed by atoms with E-state index in [4.69, 9.17) is 4.74 Å². The maximum atomic E-state index is 11.8. The minimum atomic E-state index is -0.610. The lowest BCUT2D eigenvalue weighted by Crippen LogP contribution is -2.35. The minimum absolute atomic E-state index is 0.360. The summed E-state index contributed by atoms with van der Waals surface area (Å²) in [6, 6.07) is 3.32. The first-order valence-corrected chi connectivity index (χ1v) is 7.17. The minimum Gasteiger partial charge on any atom is -0.456 e. The summed E-state index contributed by atoms with van der Waals surface area (Å²) >= 11 is 0. The number of nitrogens with one attached hydrogen (secondary N) is 1. The van der Waals surface area contributed by atoms with Gasteiger partial charge in [-0.2, -0.15) is 0 Å². The van der Waals surface area contributed by atoms with Crippen molar-refractivity contribution in [1.29, 1.82) is 0 Å². The lowest BCUT2D eigenvalue weighted by Gasteiger charge is -2.09. The zero-order valence-electron chi connectivity index (χ0n) is 12.1. The van der Waals surface area contributed by atoms with Crippen LogP contribution in [0.25, 0.3) is 0 Å². The predicted molar refractivity (Wildman–Crippen MR) is 75.4 cm³/mol.